The van der Waals surface area contributed by atoms with Gasteiger partial charge < -0.3 is 4.90 Å². The minimum atomic E-state index is -0.181. The molecule has 1 saturated heterocycles. The first-order valence-electron chi connectivity index (χ1n) is 6.13. The van der Waals surface area contributed by atoms with Crippen LogP contribution in [0.4, 0.5) is 4.39 Å². The summed E-state index contributed by atoms with van der Waals surface area (Å²) in [6.07, 6.45) is 7.75. The summed E-state index contributed by atoms with van der Waals surface area (Å²) in [5, 5.41) is 0. The van der Waals surface area contributed by atoms with Gasteiger partial charge in [-0.05, 0) is 45.3 Å². The second-order valence-electron chi connectivity index (χ2n) is 3.94. The van der Waals surface area contributed by atoms with Gasteiger partial charge in [0.15, 0.2) is 0 Å². The molecule has 0 aromatic rings. The van der Waals surface area contributed by atoms with Crippen molar-refractivity contribution in [2.75, 3.05) is 26.3 Å². The lowest BCUT2D eigenvalue weighted by atomic mass is 10.2. The van der Waals surface area contributed by atoms with Crippen LogP contribution in [0.3, 0.4) is 0 Å². The number of halogens is 1. The van der Waals surface area contributed by atoms with E-state index in [-0.39, 0.29) is 6.67 Å². The second kappa shape index (κ2) is 11.0. The molecule has 0 amide bonds. The Balaban J connectivity index is 0.000000364. The van der Waals surface area contributed by atoms with Crippen LogP contribution in [0, 0.1) is 0 Å². The van der Waals surface area contributed by atoms with Crippen molar-refractivity contribution in [3.8, 4) is 0 Å². The maximum Gasteiger partial charge on any atom is 0.0891 e. The van der Waals surface area contributed by atoms with Crippen molar-refractivity contribution < 1.29 is 4.39 Å². The van der Waals surface area contributed by atoms with Gasteiger partial charge in [-0.25, -0.2) is 0 Å². The zero-order chi connectivity index (χ0) is 10.6. The van der Waals surface area contributed by atoms with Crippen LogP contribution < -0.4 is 0 Å². The van der Waals surface area contributed by atoms with Crippen LogP contribution in [0.1, 0.15) is 52.4 Å². The number of rotatable bonds is 3. The zero-order valence-corrected chi connectivity index (χ0v) is 9.90. The Bertz CT molecular complexity index is 96.5. The van der Waals surface area contributed by atoms with Crippen molar-refractivity contribution in [1.82, 2.24) is 4.90 Å². The van der Waals surface area contributed by atoms with E-state index in [0.29, 0.717) is 6.42 Å². The molecule has 0 aromatic heterocycles. The lowest BCUT2D eigenvalue weighted by Crippen LogP contribution is -2.25. The van der Waals surface area contributed by atoms with E-state index in [1.54, 1.807) is 6.92 Å². The molecule has 0 aliphatic carbocycles. The summed E-state index contributed by atoms with van der Waals surface area (Å²) in [6.45, 7) is 7.92. The van der Waals surface area contributed by atoms with Crippen LogP contribution in [0.2, 0.25) is 0 Å². The van der Waals surface area contributed by atoms with E-state index in [1.165, 1.54) is 51.7 Å². The standard InChI is InChI=1S/C9H19N.C3H7F/c1-2-7-10-8-5-3-4-6-9-10;1-2-3-4/h2-9H2,1H3;2-3H2,1H3. The van der Waals surface area contributed by atoms with Crippen LogP contribution in [0.5, 0.6) is 0 Å². The Morgan fingerprint density at radius 1 is 0.929 bits per heavy atom. The minimum absolute atomic E-state index is 0.181. The fraction of sp³-hybridized carbons (Fsp3) is 1.00. The molecule has 1 aliphatic heterocycles. The van der Waals surface area contributed by atoms with Gasteiger partial charge in [-0.2, -0.15) is 0 Å². The first-order valence-corrected chi connectivity index (χ1v) is 6.13. The summed E-state index contributed by atoms with van der Waals surface area (Å²) in [5.41, 5.74) is 0. The van der Waals surface area contributed by atoms with Crippen molar-refractivity contribution in [3.05, 3.63) is 0 Å². The van der Waals surface area contributed by atoms with Crippen LogP contribution >= 0.6 is 0 Å². The average Bonchev–Trinajstić information content (AvgIpc) is 2.47. The smallest absolute Gasteiger partial charge is 0.0891 e. The summed E-state index contributed by atoms with van der Waals surface area (Å²) in [5.74, 6) is 0. The molecule has 1 heterocycles. The maximum absolute atomic E-state index is 10.7. The van der Waals surface area contributed by atoms with E-state index < -0.39 is 0 Å². The molecule has 0 radical (unpaired) electrons. The maximum atomic E-state index is 10.7. The molecule has 1 fully saturated rings. The fourth-order valence-electron chi connectivity index (χ4n) is 1.68. The molecule has 1 aliphatic rings. The number of hydrogen-bond acceptors (Lipinski definition) is 1. The highest BCUT2D eigenvalue weighted by Gasteiger charge is 2.06. The van der Waals surface area contributed by atoms with Crippen LogP contribution in [-0.4, -0.2) is 31.2 Å². The van der Waals surface area contributed by atoms with Crippen LogP contribution in [0.25, 0.3) is 0 Å². The Hall–Kier alpha value is -0.110. The van der Waals surface area contributed by atoms with Gasteiger partial charge in [0.05, 0.1) is 6.67 Å². The van der Waals surface area contributed by atoms with Gasteiger partial charge in [0.25, 0.3) is 0 Å². The summed E-state index contributed by atoms with van der Waals surface area (Å²) in [4.78, 5) is 2.60. The first kappa shape index (κ1) is 13.9. The summed E-state index contributed by atoms with van der Waals surface area (Å²) in [7, 11) is 0. The number of likely N-dealkylation sites (tertiary alicyclic amines) is 1. The molecule has 0 bridgehead atoms. The summed E-state index contributed by atoms with van der Waals surface area (Å²) in [6, 6.07) is 0. The molecule has 1 rings (SSSR count). The van der Waals surface area contributed by atoms with E-state index in [2.05, 4.69) is 11.8 Å². The quantitative estimate of drug-likeness (QED) is 0.677. The Morgan fingerprint density at radius 2 is 1.43 bits per heavy atom. The van der Waals surface area contributed by atoms with Crippen molar-refractivity contribution in [2.24, 2.45) is 0 Å². The Labute approximate surface area is 88.7 Å². The molecular weight excluding hydrogens is 177 g/mol. The number of alkyl halides is 1. The monoisotopic (exact) mass is 203 g/mol. The number of hydrogen-bond donors (Lipinski definition) is 0. The van der Waals surface area contributed by atoms with Crippen molar-refractivity contribution in [1.29, 1.82) is 0 Å². The summed E-state index contributed by atoms with van der Waals surface area (Å²) < 4.78 is 10.7. The molecule has 0 unspecified atom stereocenters. The Morgan fingerprint density at radius 3 is 1.79 bits per heavy atom. The van der Waals surface area contributed by atoms with Gasteiger partial charge in [-0.15, -0.1) is 0 Å². The highest BCUT2D eigenvalue weighted by molar-refractivity contribution is 4.61. The van der Waals surface area contributed by atoms with E-state index in [9.17, 15) is 4.39 Å². The van der Waals surface area contributed by atoms with Gasteiger partial charge >= 0.3 is 0 Å². The van der Waals surface area contributed by atoms with Gasteiger partial charge in [0.1, 0.15) is 0 Å². The third-order valence-corrected chi connectivity index (χ3v) is 2.43. The molecule has 0 saturated carbocycles. The SMILES string of the molecule is CCCF.CCCN1CCCCCC1. The third-order valence-electron chi connectivity index (χ3n) is 2.43. The first-order chi connectivity index (χ1) is 6.85. The van der Waals surface area contributed by atoms with Crippen molar-refractivity contribution in [2.45, 2.75) is 52.4 Å². The van der Waals surface area contributed by atoms with Crippen molar-refractivity contribution in [3.63, 3.8) is 0 Å². The third kappa shape index (κ3) is 8.49. The van der Waals surface area contributed by atoms with Crippen LogP contribution in [-0.2, 0) is 0 Å². The molecule has 0 spiro atoms. The van der Waals surface area contributed by atoms with Crippen LogP contribution in [0.15, 0.2) is 0 Å². The topological polar surface area (TPSA) is 3.24 Å². The van der Waals surface area contributed by atoms with Gasteiger partial charge in [0, 0.05) is 0 Å². The molecule has 0 N–H and O–H groups in total. The molecule has 0 aromatic carbocycles. The molecule has 2 heteroatoms. The average molecular weight is 203 g/mol. The predicted octanol–water partition coefficient (Wildman–Crippen LogP) is 3.64. The van der Waals surface area contributed by atoms with E-state index in [1.807, 2.05) is 0 Å². The Kier molecular flexibility index (Phi) is 10.9. The fourth-order valence-corrected chi connectivity index (χ4v) is 1.68. The van der Waals surface area contributed by atoms with E-state index >= 15 is 0 Å². The lowest BCUT2D eigenvalue weighted by molar-refractivity contribution is 0.286. The lowest BCUT2D eigenvalue weighted by Gasteiger charge is -2.17. The molecule has 1 nitrogen and oxygen atoms in total. The molecule has 14 heavy (non-hydrogen) atoms. The van der Waals surface area contributed by atoms with E-state index in [4.69, 9.17) is 0 Å². The van der Waals surface area contributed by atoms with Gasteiger partial charge in [-0.3, -0.25) is 4.39 Å². The van der Waals surface area contributed by atoms with Crippen molar-refractivity contribution >= 4 is 0 Å². The normalized spacial score (nSPS) is 18.2. The highest BCUT2D eigenvalue weighted by atomic mass is 19.1. The molecule has 0 atom stereocenters. The minimum Gasteiger partial charge on any atom is -0.303 e. The highest BCUT2D eigenvalue weighted by Crippen LogP contribution is 2.09. The van der Waals surface area contributed by atoms with E-state index in [0.717, 1.165) is 0 Å². The van der Waals surface area contributed by atoms with Gasteiger partial charge in [-0.1, -0.05) is 26.7 Å². The molecular formula is C12H26FN. The second-order valence-corrected chi connectivity index (χ2v) is 3.94. The zero-order valence-electron chi connectivity index (χ0n) is 9.90. The predicted molar refractivity (Wildman–Crippen MR) is 61.5 cm³/mol. The largest absolute Gasteiger partial charge is 0.303 e. The molecule has 86 valence electrons. The van der Waals surface area contributed by atoms with Gasteiger partial charge in [0.2, 0.25) is 0 Å². The number of nitrogens with zero attached hydrogens (tertiary/aromatic N) is 1. The summed E-state index contributed by atoms with van der Waals surface area (Å²) >= 11 is 0.